The zero-order chi connectivity index (χ0) is 20.7. The van der Waals surface area contributed by atoms with E-state index in [1.54, 1.807) is 4.90 Å². The summed E-state index contributed by atoms with van der Waals surface area (Å²) in [6.45, 7) is 0. The summed E-state index contributed by atoms with van der Waals surface area (Å²) in [5.41, 5.74) is 0.394. The zero-order valence-corrected chi connectivity index (χ0v) is 17.9. The van der Waals surface area contributed by atoms with Gasteiger partial charge in [-0.3, -0.25) is 14.5 Å². The van der Waals surface area contributed by atoms with Gasteiger partial charge in [-0.1, -0.05) is 17.4 Å². The van der Waals surface area contributed by atoms with Crippen molar-refractivity contribution >= 4 is 62.9 Å². The molecule has 1 saturated heterocycles. The molecule has 2 aliphatic heterocycles. The topological polar surface area (TPSA) is 116 Å². The molecule has 0 aromatic carbocycles. The van der Waals surface area contributed by atoms with Crippen LogP contribution in [-0.4, -0.2) is 69.3 Å². The van der Waals surface area contributed by atoms with Gasteiger partial charge >= 0.3 is 5.97 Å². The van der Waals surface area contributed by atoms with Crippen LogP contribution in [0.2, 0.25) is 0 Å². The van der Waals surface area contributed by atoms with Crippen LogP contribution in [0.4, 0.5) is 5.13 Å². The van der Waals surface area contributed by atoms with Crippen LogP contribution in [-0.2, 0) is 20.8 Å². The number of amides is 2. The second kappa shape index (κ2) is 7.76. The van der Waals surface area contributed by atoms with Crippen LogP contribution in [0.15, 0.2) is 23.2 Å². The summed E-state index contributed by atoms with van der Waals surface area (Å²) in [7, 11) is 3.65. The van der Waals surface area contributed by atoms with E-state index >= 15 is 0 Å². The number of hydrogen-bond acceptors (Lipinski definition) is 9. The molecule has 152 valence electrons. The number of anilines is 1. The number of aliphatic carboxylic acids is 1. The predicted octanol–water partition coefficient (Wildman–Crippen LogP) is 1.10. The van der Waals surface area contributed by atoms with E-state index in [1.165, 1.54) is 39.3 Å². The first-order chi connectivity index (χ1) is 13.9. The predicted molar refractivity (Wildman–Crippen MR) is 112 cm³/mol. The first kappa shape index (κ1) is 19.9. The Morgan fingerprint density at radius 3 is 2.79 bits per heavy atom. The Hall–Kier alpha value is -2.44. The van der Waals surface area contributed by atoms with Crippen molar-refractivity contribution in [2.45, 2.75) is 17.8 Å². The molecule has 0 bridgehead atoms. The molecule has 1 fully saturated rings. The molecule has 2 aliphatic rings. The molecular weight excluding hydrogens is 434 g/mol. The van der Waals surface area contributed by atoms with Gasteiger partial charge in [0.2, 0.25) is 11.0 Å². The summed E-state index contributed by atoms with van der Waals surface area (Å²) < 4.78 is 0. The van der Waals surface area contributed by atoms with Crippen molar-refractivity contribution in [1.29, 1.82) is 0 Å². The van der Waals surface area contributed by atoms with Crippen molar-refractivity contribution in [1.82, 2.24) is 20.4 Å². The zero-order valence-electron chi connectivity index (χ0n) is 15.5. The van der Waals surface area contributed by atoms with Gasteiger partial charge in [0.25, 0.3) is 5.91 Å². The lowest BCUT2D eigenvalue weighted by Gasteiger charge is -2.49. The van der Waals surface area contributed by atoms with Crippen LogP contribution in [0.5, 0.6) is 0 Å². The molecule has 0 spiro atoms. The molecule has 2 aromatic heterocycles. The average molecular weight is 452 g/mol. The number of carbonyl (C=O) groups excluding carboxylic acids is 2. The van der Waals surface area contributed by atoms with Gasteiger partial charge in [0.05, 0.1) is 6.42 Å². The molecule has 9 nitrogen and oxygen atoms in total. The Morgan fingerprint density at radius 2 is 2.17 bits per heavy atom. The number of nitrogens with zero attached hydrogens (tertiary/aromatic N) is 4. The monoisotopic (exact) mass is 451 g/mol. The van der Waals surface area contributed by atoms with Crippen molar-refractivity contribution < 1.29 is 19.5 Å². The van der Waals surface area contributed by atoms with Crippen LogP contribution in [0.3, 0.4) is 0 Å². The molecule has 0 radical (unpaired) electrons. The Bertz CT molecular complexity index is 1000. The second-order valence-electron chi connectivity index (χ2n) is 6.63. The maximum atomic E-state index is 12.7. The summed E-state index contributed by atoms with van der Waals surface area (Å²) in [5, 5.41) is 23.2. The highest BCUT2D eigenvalue weighted by molar-refractivity contribution is 8.00. The lowest BCUT2D eigenvalue weighted by atomic mass is 10.0. The number of carboxylic acids is 1. The van der Waals surface area contributed by atoms with Gasteiger partial charge in [0, 0.05) is 30.3 Å². The molecule has 2 N–H and O–H groups in total. The van der Waals surface area contributed by atoms with E-state index in [2.05, 4.69) is 15.5 Å². The van der Waals surface area contributed by atoms with Crippen molar-refractivity contribution in [3.63, 3.8) is 0 Å². The Labute approximate surface area is 178 Å². The number of thioether (sulfide) groups is 1. The smallest absolute Gasteiger partial charge is 0.353 e. The van der Waals surface area contributed by atoms with Gasteiger partial charge < -0.3 is 15.3 Å². The Balaban J connectivity index is 1.54. The van der Waals surface area contributed by atoms with Crippen molar-refractivity contribution in [2.75, 3.05) is 24.7 Å². The number of aromatic nitrogens is 2. The van der Waals surface area contributed by atoms with Gasteiger partial charge in [-0.15, -0.1) is 33.3 Å². The summed E-state index contributed by atoms with van der Waals surface area (Å²) >= 11 is 4.16. The third kappa shape index (κ3) is 3.63. The summed E-state index contributed by atoms with van der Waals surface area (Å²) in [5.74, 6) is -1.50. The van der Waals surface area contributed by atoms with Gasteiger partial charge in [-0.2, -0.15) is 0 Å². The summed E-state index contributed by atoms with van der Waals surface area (Å²) in [4.78, 5) is 40.9. The molecule has 4 rings (SSSR count). The van der Waals surface area contributed by atoms with E-state index in [9.17, 15) is 19.5 Å². The highest BCUT2D eigenvalue weighted by atomic mass is 32.2. The molecule has 1 unspecified atom stereocenters. The van der Waals surface area contributed by atoms with E-state index in [4.69, 9.17) is 0 Å². The average Bonchev–Trinajstić information content (AvgIpc) is 3.36. The highest BCUT2D eigenvalue weighted by Gasteiger charge is 2.54. The Kier molecular flexibility index (Phi) is 5.32. The van der Waals surface area contributed by atoms with Crippen LogP contribution < -0.4 is 10.2 Å². The summed E-state index contributed by atoms with van der Waals surface area (Å²) in [6.07, 6.45) is 0.198. The normalized spacial score (nSPS) is 20.9. The number of fused-ring (bicyclic) bond motifs is 1. The largest absolute Gasteiger partial charge is 0.477 e. The standard InChI is InChI=1S/C17H17N5O4S3/c1-21(2)17-20-19-13(29-17)9-7-28-15-11(14(24)22(15)12(9)16(25)26)18-10(23)6-8-4-3-5-27-8/h3-5,11,15H,6-7H2,1-2H3,(H,18,23)(H,25,26)/t11?,15-/m1/s1. The minimum absolute atomic E-state index is 0.0797. The second-order valence-corrected chi connectivity index (χ2v) is 9.72. The minimum atomic E-state index is -1.19. The lowest BCUT2D eigenvalue weighted by molar-refractivity contribution is -0.150. The lowest BCUT2D eigenvalue weighted by Crippen LogP contribution is -2.70. The van der Waals surface area contributed by atoms with Gasteiger partial charge in [0.1, 0.15) is 22.1 Å². The number of carboxylic acid groups (broad SMARTS) is 1. The molecule has 12 heteroatoms. The molecule has 2 aromatic rings. The molecule has 4 heterocycles. The quantitative estimate of drug-likeness (QED) is 0.628. The van der Waals surface area contributed by atoms with E-state index in [0.717, 1.165) is 4.88 Å². The molecule has 0 saturated carbocycles. The highest BCUT2D eigenvalue weighted by Crippen LogP contribution is 2.44. The van der Waals surface area contributed by atoms with Crippen LogP contribution in [0.1, 0.15) is 9.88 Å². The molecular formula is C17H17N5O4S3. The van der Waals surface area contributed by atoms with Crippen molar-refractivity contribution in [3.05, 3.63) is 33.1 Å². The van der Waals surface area contributed by atoms with Gasteiger partial charge in [-0.25, -0.2) is 4.79 Å². The van der Waals surface area contributed by atoms with E-state index in [0.29, 0.717) is 21.5 Å². The van der Waals surface area contributed by atoms with E-state index in [-0.39, 0.29) is 18.0 Å². The number of nitrogens with one attached hydrogen (secondary N) is 1. The van der Waals surface area contributed by atoms with E-state index < -0.39 is 23.3 Å². The maximum absolute atomic E-state index is 12.7. The van der Waals surface area contributed by atoms with Crippen molar-refractivity contribution in [3.8, 4) is 0 Å². The van der Waals surface area contributed by atoms with Crippen LogP contribution >= 0.6 is 34.4 Å². The number of hydrogen-bond donors (Lipinski definition) is 2. The van der Waals surface area contributed by atoms with Crippen LogP contribution in [0.25, 0.3) is 5.57 Å². The maximum Gasteiger partial charge on any atom is 0.353 e. The molecule has 0 aliphatic carbocycles. The number of rotatable bonds is 6. The SMILES string of the molecule is CN(C)c1nnc(C2=C(C(=O)O)N3C(=O)C(NC(=O)Cc4cccs4)[C@H]3SC2)s1. The third-order valence-corrected chi connectivity index (χ3v) is 7.76. The number of β-lactam (4-membered cyclic amide) rings is 1. The molecule has 29 heavy (non-hydrogen) atoms. The third-order valence-electron chi connectivity index (χ3n) is 4.46. The van der Waals surface area contributed by atoms with Crippen LogP contribution in [0, 0.1) is 0 Å². The van der Waals surface area contributed by atoms with E-state index in [1.807, 2.05) is 31.6 Å². The molecule has 2 atom stereocenters. The number of carbonyl (C=O) groups is 3. The Morgan fingerprint density at radius 1 is 1.38 bits per heavy atom. The van der Waals surface area contributed by atoms with Crippen molar-refractivity contribution in [2.24, 2.45) is 0 Å². The fraction of sp³-hybridized carbons (Fsp3) is 0.353. The first-order valence-electron chi connectivity index (χ1n) is 8.61. The number of thiophene rings is 1. The fourth-order valence-corrected chi connectivity index (χ4v) is 6.05. The molecule has 2 amide bonds. The minimum Gasteiger partial charge on any atom is -0.477 e. The van der Waals surface area contributed by atoms with Gasteiger partial charge in [-0.05, 0) is 11.4 Å². The first-order valence-corrected chi connectivity index (χ1v) is 11.4. The fourth-order valence-electron chi connectivity index (χ4n) is 3.10. The van der Waals surface area contributed by atoms with Gasteiger partial charge in [0.15, 0.2) is 0 Å². The summed E-state index contributed by atoms with van der Waals surface area (Å²) in [6, 6.07) is 2.99.